The van der Waals surface area contributed by atoms with Crippen molar-refractivity contribution in [2.45, 2.75) is 18.9 Å². The van der Waals surface area contributed by atoms with Crippen molar-refractivity contribution in [3.8, 4) is 11.4 Å². The van der Waals surface area contributed by atoms with Gasteiger partial charge < -0.3 is 15.5 Å². The summed E-state index contributed by atoms with van der Waals surface area (Å²) in [5, 5.41) is 6.81. The molecule has 0 aliphatic heterocycles. The van der Waals surface area contributed by atoms with E-state index in [1.54, 1.807) is 12.1 Å². The molecule has 3 heterocycles. The number of benzene rings is 1. The fourth-order valence-electron chi connectivity index (χ4n) is 3.74. The lowest BCUT2D eigenvalue weighted by Gasteiger charge is -2.15. The Kier molecular flexibility index (Phi) is 7.83. The minimum Gasteiger partial charge on any atom is -0.355 e. The van der Waals surface area contributed by atoms with Gasteiger partial charge in [-0.25, -0.2) is 9.97 Å². The highest BCUT2D eigenvalue weighted by atomic mass is 19.4. The van der Waals surface area contributed by atoms with E-state index in [2.05, 4.69) is 25.6 Å². The van der Waals surface area contributed by atoms with Crippen LogP contribution in [0.2, 0.25) is 0 Å². The van der Waals surface area contributed by atoms with Crippen molar-refractivity contribution < 1.29 is 26.3 Å². The monoisotopic (exact) mass is 534 g/mol. The summed E-state index contributed by atoms with van der Waals surface area (Å²) < 4.78 is 79.6. The number of hydrogen-bond acceptors (Lipinski definition) is 6. The van der Waals surface area contributed by atoms with Crippen molar-refractivity contribution in [3.63, 3.8) is 0 Å². The molecule has 2 N–H and O–H groups in total. The Hall–Kier alpha value is -3.77. The zero-order chi connectivity index (χ0) is 27.5. The minimum atomic E-state index is -4.62. The Morgan fingerprint density at radius 1 is 0.868 bits per heavy atom. The number of halogens is 6. The third kappa shape index (κ3) is 6.56. The summed E-state index contributed by atoms with van der Waals surface area (Å²) in [7, 11) is 3.86. The number of anilines is 2. The molecular weight excluding hydrogens is 510 g/mol. The summed E-state index contributed by atoms with van der Waals surface area (Å²) in [5.41, 5.74) is -0.422. The van der Waals surface area contributed by atoms with E-state index >= 15 is 0 Å². The highest BCUT2D eigenvalue weighted by Gasteiger charge is 2.34. The molecule has 0 aliphatic rings. The molecule has 3 aromatic heterocycles. The van der Waals surface area contributed by atoms with Gasteiger partial charge in [0.1, 0.15) is 5.69 Å². The summed E-state index contributed by atoms with van der Waals surface area (Å²) in [6.07, 6.45) is -7.83. The van der Waals surface area contributed by atoms with Crippen molar-refractivity contribution in [2.75, 3.05) is 32.5 Å². The maximum atomic E-state index is 13.6. The molecular formula is C26H24F6N6. The zero-order valence-electron chi connectivity index (χ0n) is 20.5. The van der Waals surface area contributed by atoms with Crippen LogP contribution < -0.4 is 10.6 Å². The van der Waals surface area contributed by atoms with Gasteiger partial charge in [0.15, 0.2) is 5.65 Å². The highest BCUT2D eigenvalue weighted by molar-refractivity contribution is 5.92. The Balaban J connectivity index is 1.74. The van der Waals surface area contributed by atoms with Crippen LogP contribution >= 0.6 is 0 Å². The Bertz CT molecular complexity index is 1400. The predicted molar refractivity (Wildman–Crippen MR) is 133 cm³/mol. The van der Waals surface area contributed by atoms with E-state index in [0.717, 1.165) is 24.7 Å². The summed E-state index contributed by atoms with van der Waals surface area (Å²) in [6, 6.07) is 11.4. The van der Waals surface area contributed by atoms with Gasteiger partial charge in [-0.15, -0.1) is 0 Å². The van der Waals surface area contributed by atoms with E-state index < -0.39 is 23.5 Å². The number of rotatable bonds is 8. The van der Waals surface area contributed by atoms with Gasteiger partial charge in [0.25, 0.3) is 0 Å². The van der Waals surface area contributed by atoms with Gasteiger partial charge in [0, 0.05) is 36.9 Å². The molecule has 0 unspecified atom stereocenters. The summed E-state index contributed by atoms with van der Waals surface area (Å²) in [5.74, 6) is 0. The van der Waals surface area contributed by atoms with Gasteiger partial charge in [0.05, 0.1) is 28.2 Å². The molecule has 200 valence electrons. The molecule has 12 heteroatoms. The third-order valence-corrected chi connectivity index (χ3v) is 5.61. The Morgan fingerprint density at radius 2 is 1.61 bits per heavy atom. The van der Waals surface area contributed by atoms with Crippen LogP contribution in [0.15, 0.2) is 60.8 Å². The first-order chi connectivity index (χ1) is 17.9. The van der Waals surface area contributed by atoms with Crippen molar-refractivity contribution in [1.29, 1.82) is 0 Å². The lowest BCUT2D eigenvalue weighted by atomic mass is 10.1. The standard InChI is InChI=1S/C26H24F6N6/c1-38(2)13-12-33-15-18-14-22(35-17-7-5-16(6-8-17)25(27,28)29)19-9-10-21(37-24(19)36-18)23-20(26(30,31)32)4-3-11-34-23/h3-11,14,33H,12-13,15H2,1-2H3,(H,35,36,37). The second kappa shape index (κ2) is 10.9. The number of hydrogen-bond donors (Lipinski definition) is 2. The number of alkyl halides is 6. The lowest BCUT2D eigenvalue weighted by Crippen LogP contribution is -2.26. The quantitative estimate of drug-likeness (QED) is 0.210. The van der Waals surface area contributed by atoms with Crippen LogP contribution in [0.4, 0.5) is 37.7 Å². The van der Waals surface area contributed by atoms with Crippen LogP contribution in [0.3, 0.4) is 0 Å². The molecule has 4 rings (SSSR count). The SMILES string of the molecule is CN(C)CCNCc1cc(Nc2ccc(C(F)(F)F)cc2)c2ccc(-c3ncccc3C(F)(F)F)nc2n1. The molecule has 0 saturated heterocycles. The number of aromatic nitrogens is 3. The minimum absolute atomic E-state index is 0.00359. The average Bonchev–Trinajstić information content (AvgIpc) is 2.85. The third-order valence-electron chi connectivity index (χ3n) is 5.61. The number of likely N-dealkylation sites (N-methyl/N-ethyl adjacent to an activating group) is 1. The molecule has 0 saturated carbocycles. The van der Waals surface area contributed by atoms with Gasteiger partial charge in [0.2, 0.25) is 0 Å². The van der Waals surface area contributed by atoms with Crippen molar-refractivity contribution in [3.05, 3.63) is 77.6 Å². The molecule has 6 nitrogen and oxygen atoms in total. The molecule has 4 aromatic rings. The van der Waals surface area contributed by atoms with E-state index in [9.17, 15) is 26.3 Å². The van der Waals surface area contributed by atoms with Crippen LogP contribution in [0.25, 0.3) is 22.4 Å². The van der Waals surface area contributed by atoms with Gasteiger partial charge >= 0.3 is 12.4 Å². The number of nitrogens with zero attached hydrogens (tertiary/aromatic N) is 4. The van der Waals surface area contributed by atoms with Gasteiger partial charge in [-0.05, 0) is 68.7 Å². The smallest absolute Gasteiger partial charge is 0.355 e. The van der Waals surface area contributed by atoms with Gasteiger partial charge in [-0.3, -0.25) is 4.98 Å². The largest absolute Gasteiger partial charge is 0.418 e. The molecule has 1 aromatic carbocycles. The molecule has 0 amide bonds. The van der Waals surface area contributed by atoms with Gasteiger partial charge in [-0.2, -0.15) is 26.3 Å². The predicted octanol–water partition coefficient (Wildman–Crippen LogP) is 6.12. The number of fused-ring (bicyclic) bond motifs is 1. The van der Waals surface area contributed by atoms with E-state index in [1.165, 1.54) is 30.5 Å². The second-order valence-electron chi connectivity index (χ2n) is 8.81. The molecule has 0 aliphatic carbocycles. The topological polar surface area (TPSA) is 66.0 Å². The number of nitrogens with one attached hydrogen (secondary N) is 2. The molecule has 0 fully saturated rings. The van der Waals surface area contributed by atoms with E-state index in [4.69, 9.17) is 0 Å². The van der Waals surface area contributed by atoms with E-state index in [-0.39, 0.29) is 17.0 Å². The van der Waals surface area contributed by atoms with Crippen LogP contribution in [0.1, 0.15) is 16.8 Å². The lowest BCUT2D eigenvalue weighted by molar-refractivity contribution is -0.138. The number of pyridine rings is 3. The van der Waals surface area contributed by atoms with Crippen LogP contribution in [0, 0.1) is 0 Å². The molecule has 0 atom stereocenters. The van der Waals surface area contributed by atoms with Crippen LogP contribution in [0.5, 0.6) is 0 Å². The van der Waals surface area contributed by atoms with Crippen molar-refractivity contribution in [2.24, 2.45) is 0 Å². The van der Waals surface area contributed by atoms with Crippen molar-refractivity contribution in [1.82, 2.24) is 25.2 Å². The fourth-order valence-corrected chi connectivity index (χ4v) is 3.74. The first-order valence-corrected chi connectivity index (χ1v) is 11.5. The summed E-state index contributed by atoms with van der Waals surface area (Å²) in [6.45, 7) is 1.77. The first kappa shape index (κ1) is 27.3. The summed E-state index contributed by atoms with van der Waals surface area (Å²) >= 11 is 0. The molecule has 0 bridgehead atoms. The Labute approximate surface area is 214 Å². The van der Waals surface area contributed by atoms with Gasteiger partial charge in [-0.1, -0.05) is 0 Å². The maximum absolute atomic E-state index is 13.6. The molecule has 0 radical (unpaired) electrons. The normalized spacial score (nSPS) is 12.3. The second-order valence-corrected chi connectivity index (χ2v) is 8.81. The molecule has 0 spiro atoms. The molecule has 38 heavy (non-hydrogen) atoms. The zero-order valence-corrected chi connectivity index (χ0v) is 20.5. The van der Waals surface area contributed by atoms with Crippen LogP contribution in [-0.2, 0) is 18.9 Å². The van der Waals surface area contributed by atoms with Crippen LogP contribution in [-0.4, -0.2) is 47.0 Å². The Morgan fingerprint density at radius 3 is 2.26 bits per heavy atom. The average molecular weight is 535 g/mol. The highest BCUT2D eigenvalue weighted by Crippen LogP contribution is 2.36. The maximum Gasteiger partial charge on any atom is 0.418 e. The van der Waals surface area contributed by atoms with E-state index in [0.29, 0.717) is 35.5 Å². The van der Waals surface area contributed by atoms with E-state index in [1.807, 2.05) is 19.0 Å². The first-order valence-electron chi connectivity index (χ1n) is 11.5. The van der Waals surface area contributed by atoms with Crippen molar-refractivity contribution >= 4 is 22.4 Å². The fraction of sp³-hybridized carbons (Fsp3) is 0.269. The summed E-state index contributed by atoms with van der Waals surface area (Å²) in [4.78, 5) is 14.8.